The summed E-state index contributed by atoms with van der Waals surface area (Å²) in [6.07, 6.45) is 4.44. The Balaban J connectivity index is 1.51. The quantitative estimate of drug-likeness (QED) is 0.511. The molecule has 0 radical (unpaired) electrons. The van der Waals surface area contributed by atoms with E-state index in [1.165, 1.54) is 0 Å². The maximum Gasteiger partial charge on any atom is 0.255 e. The maximum absolute atomic E-state index is 12.6. The van der Waals surface area contributed by atoms with Crippen LogP contribution < -0.4 is 14.8 Å². The smallest absolute Gasteiger partial charge is 0.255 e. The highest BCUT2D eigenvalue weighted by Crippen LogP contribution is 2.19. The summed E-state index contributed by atoms with van der Waals surface area (Å²) >= 11 is 0. The Labute approximate surface area is 177 Å². The van der Waals surface area contributed by atoms with E-state index in [1.807, 2.05) is 56.6 Å². The van der Waals surface area contributed by atoms with E-state index in [0.29, 0.717) is 30.2 Å². The van der Waals surface area contributed by atoms with Gasteiger partial charge in [-0.05, 0) is 69.0 Å². The second-order valence-corrected chi connectivity index (χ2v) is 7.16. The zero-order valence-electron chi connectivity index (χ0n) is 17.4. The number of nitrogens with one attached hydrogen (secondary N) is 1. The van der Waals surface area contributed by atoms with Crippen molar-refractivity contribution in [1.82, 2.24) is 9.88 Å². The molecule has 3 aromatic rings. The van der Waals surface area contributed by atoms with Crippen LogP contribution in [0.2, 0.25) is 0 Å². The number of carbonyl (C=O) groups is 1. The molecule has 0 unspecified atom stereocenters. The summed E-state index contributed by atoms with van der Waals surface area (Å²) in [4.78, 5) is 18.8. The van der Waals surface area contributed by atoms with Crippen molar-refractivity contribution in [3.05, 3.63) is 84.2 Å². The molecule has 0 spiro atoms. The molecule has 0 saturated carbocycles. The molecule has 30 heavy (non-hydrogen) atoms. The molecule has 1 amide bonds. The molecular formula is C24H27N3O3. The van der Waals surface area contributed by atoms with E-state index in [0.717, 1.165) is 24.3 Å². The minimum Gasteiger partial charge on any atom is -0.494 e. The van der Waals surface area contributed by atoms with Gasteiger partial charge >= 0.3 is 0 Å². The molecule has 3 rings (SSSR count). The molecule has 1 aromatic heterocycles. The van der Waals surface area contributed by atoms with E-state index in [1.54, 1.807) is 30.6 Å². The van der Waals surface area contributed by atoms with Crippen LogP contribution in [0.5, 0.6) is 11.5 Å². The lowest BCUT2D eigenvalue weighted by Crippen LogP contribution is -2.15. The van der Waals surface area contributed by atoms with Crippen molar-refractivity contribution in [3.63, 3.8) is 0 Å². The third kappa shape index (κ3) is 6.90. The highest BCUT2D eigenvalue weighted by Gasteiger charge is 2.08. The average Bonchev–Trinajstić information content (AvgIpc) is 2.77. The molecule has 1 heterocycles. The summed E-state index contributed by atoms with van der Waals surface area (Å²) in [7, 11) is 4.08. The second kappa shape index (κ2) is 11.0. The highest BCUT2D eigenvalue weighted by molar-refractivity contribution is 6.04. The number of carbonyl (C=O) groups excluding carboxylic acids is 1. The number of pyridine rings is 1. The van der Waals surface area contributed by atoms with E-state index in [-0.39, 0.29) is 5.91 Å². The van der Waals surface area contributed by atoms with Crippen LogP contribution in [0.25, 0.3) is 0 Å². The van der Waals surface area contributed by atoms with Crippen LogP contribution >= 0.6 is 0 Å². The van der Waals surface area contributed by atoms with Crippen LogP contribution in [0.1, 0.15) is 22.3 Å². The van der Waals surface area contributed by atoms with E-state index in [9.17, 15) is 4.79 Å². The van der Waals surface area contributed by atoms with Gasteiger partial charge in [0.2, 0.25) is 0 Å². The minimum atomic E-state index is -0.193. The molecule has 0 bridgehead atoms. The van der Waals surface area contributed by atoms with Gasteiger partial charge in [-0.2, -0.15) is 0 Å². The first kappa shape index (κ1) is 21.3. The third-order valence-electron chi connectivity index (χ3n) is 4.36. The van der Waals surface area contributed by atoms with Crippen molar-refractivity contribution in [2.24, 2.45) is 0 Å². The van der Waals surface area contributed by atoms with Gasteiger partial charge in [-0.15, -0.1) is 0 Å². The monoisotopic (exact) mass is 405 g/mol. The molecule has 0 atom stereocenters. The molecule has 2 aromatic carbocycles. The normalized spacial score (nSPS) is 10.6. The van der Waals surface area contributed by atoms with Crippen LogP contribution in [0.15, 0.2) is 73.1 Å². The van der Waals surface area contributed by atoms with Crippen LogP contribution in [0.4, 0.5) is 5.69 Å². The Morgan fingerprint density at radius 2 is 1.83 bits per heavy atom. The predicted molar refractivity (Wildman–Crippen MR) is 118 cm³/mol. The molecule has 1 N–H and O–H groups in total. The van der Waals surface area contributed by atoms with Gasteiger partial charge in [0.15, 0.2) is 0 Å². The molecule has 0 saturated heterocycles. The highest BCUT2D eigenvalue weighted by atomic mass is 16.5. The SMILES string of the molecule is CN(C)CCCOc1ccc(NC(=O)c2cccc(OCc3cccnc3)c2)cc1. The Bertz CT molecular complexity index is 928. The van der Waals surface area contributed by atoms with Crippen molar-refractivity contribution in [1.29, 1.82) is 0 Å². The van der Waals surface area contributed by atoms with E-state index in [4.69, 9.17) is 9.47 Å². The number of ether oxygens (including phenoxy) is 2. The number of amides is 1. The first-order chi connectivity index (χ1) is 14.6. The fraction of sp³-hybridized carbons (Fsp3) is 0.250. The van der Waals surface area contributed by atoms with Crippen LogP contribution in [0, 0.1) is 0 Å². The van der Waals surface area contributed by atoms with Gasteiger partial charge in [0.05, 0.1) is 6.61 Å². The summed E-state index contributed by atoms with van der Waals surface area (Å²) in [5.74, 6) is 1.23. The number of nitrogens with zero attached hydrogens (tertiary/aromatic N) is 2. The summed E-state index contributed by atoms with van der Waals surface area (Å²) in [5, 5.41) is 2.90. The van der Waals surface area contributed by atoms with Gasteiger partial charge in [0.1, 0.15) is 18.1 Å². The van der Waals surface area contributed by atoms with Crippen molar-refractivity contribution >= 4 is 11.6 Å². The molecule has 156 valence electrons. The fourth-order valence-corrected chi connectivity index (χ4v) is 2.79. The first-order valence-electron chi connectivity index (χ1n) is 9.91. The van der Waals surface area contributed by atoms with Gasteiger partial charge in [-0.3, -0.25) is 9.78 Å². The number of rotatable bonds is 10. The molecule has 0 fully saturated rings. The van der Waals surface area contributed by atoms with Crippen molar-refractivity contribution < 1.29 is 14.3 Å². The lowest BCUT2D eigenvalue weighted by molar-refractivity contribution is 0.102. The van der Waals surface area contributed by atoms with Crippen molar-refractivity contribution in [2.45, 2.75) is 13.0 Å². The van der Waals surface area contributed by atoms with Crippen LogP contribution in [0.3, 0.4) is 0 Å². The second-order valence-electron chi connectivity index (χ2n) is 7.16. The first-order valence-corrected chi connectivity index (χ1v) is 9.91. The van der Waals surface area contributed by atoms with Gasteiger partial charge in [0.25, 0.3) is 5.91 Å². The van der Waals surface area contributed by atoms with Crippen molar-refractivity contribution in [3.8, 4) is 11.5 Å². The maximum atomic E-state index is 12.6. The number of anilines is 1. The predicted octanol–water partition coefficient (Wildman–Crippen LogP) is 4.24. The Hall–Kier alpha value is -3.38. The topological polar surface area (TPSA) is 63.7 Å². The number of hydrogen-bond acceptors (Lipinski definition) is 5. The molecular weight excluding hydrogens is 378 g/mol. The lowest BCUT2D eigenvalue weighted by Gasteiger charge is -2.11. The van der Waals surface area contributed by atoms with Gasteiger partial charge in [-0.1, -0.05) is 12.1 Å². The Morgan fingerprint density at radius 1 is 1.00 bits per heavy atom. The summed E-state index contributed by atoms with van der Waals surface area (Å²) in [5.41, 5.74) is 2.21. The average molecular weight is 405 g/mol. The zero-order valence-corrected chi connectivity index (χ0v) is 17.4. The number of benzene rings is 2. The van der Waals surface area contributed by atoms with Gasteiger partial charge in [0, 0.05) is 35.8 Å². The molecule has 0 aliphatic rings. The number of hydrogen-bond donors (Lipinski definition) is 1. The molecule has 0 aliphatic carbocycles. The zero-order chi connectivity index (χ0) is 21.2. The largest absolute Gasteiger partial charge is 0.494 e. The molecule has 0 aliphatic heterocycles. The minimum absolute atomic E-state index is 0.193. The third-order valence-corrected chi connectivity index (χ3v) is 4.36. The Kier molecular flexibility index (Phi) is 7.80. The van der Waals surface area contributed by atoms with Crippen molar-refractivity contribution in [2.75, 3.05) is 32.6 Å². The lowest BCUT2D eigenvalue weighted by atomic mass is 10.2. The van der Waals surface area contributed by atoms with E-state index in [2.05, 4.69) is 15.2 Å². The van der Waals surface area contributed by atoms with Crippen LogP contribution in [-0.2, 0) is 6.61 Å². The van der Waals surface area contributed by atoms with Gasteiger partial charge in [-0.25, -0.2) is 0 Å². The summed E-state index contributed by atoms with van der Waals surface area (Å²) in [6, 6.07) is 18.3. The van der Waals surface area contributed by atoms with E-state index < -0.39 is 0 Å². The standard InChI is InChI=1S/C24H27N3O3/c1-27(2)14-5-15-29-22-11-9-21(10-12-22)26-24(28)20-7-3-8-23(16-20)30-18-19-6-4-13-25-17-19/h3-4,6-13,16-17H,5,14-15,18H2,1-2H3,(H,26,28). The number of aromatic nitrogens is 1. The fourth-order valence-electron chi connectivity index (χ4n) is 2.79. The van der Waals surface area contributed by atoms with Gasteiger partial charge < -0.3 is 19.7 Å². The molecule has 6 nitrogen and oxygen atoms in total. The Morgan fingerprint density at radius 3 is 2.57 bits per heavy atom. The molecule has 6 heteroatoms. The summed E-state index contributed by atoms with van der Waals surface area (Å²) in [6.45, 7) is 2.05. The summed E-state index contributed by atoms with van der Waals surface area (Å²) < 4.78 is 11.5. The van der Waals surface area contributed by atoms with Crippen LogP contribution in [-0.4, -0.2) is 43.0 Å². The van der Waals surface area contributed by atoms with E-state index >= 15 is 0 Å².